The van der Waals surface area contributed by atoms with Gasteiger partial charge in [0.25, 0.3) is 0 Å². The molecule has 22 heavy (non-hydrogen) atoms. The molecule has 1 heterocycles. The Morgan fingerprint density at radius 1 is 1.18 bits per heavy atom. The van der Waals surface area contributed by atoms with Crippen molar-refractivity contribution in [3.05, 3.63) is 35.9 Å². The SMILES string of the molecule is CO[C@@]1(CO)O[C@H](CO)[C@H](C)[C@@H](OCc2ccccc2)[C@@H]1C. The van der Waals surface area contributed by atoms with E-state index in [2.05, 4.69) is 0 Å². The average molecular weight is 310 g/mol. The first-order valence-electron chi connectivity index (χ1n) is 7.68. The summed E-state index contributed by atoms with van der Waals surface area (Å²) >= 11 is 0. The zero-order valence-corrected chi connectivity index (χ0v) is 13.4. The van der Waals surface area contributed by atoms with Gasteiger partial charge < -0.3 is 24.4 Å². The van der Waals surface area contributed by atoms with E-state index in [4.69, 9.17) is 14.2 Å². The molecule has 1 aliphatic heterocycles. The maximum Gasteiger partial charge on any atom is 0.196 e. The van der Waals surface area contributed by atoms with Gasteiger partial charge in [-0.2, -0.15) is 0 Å². The summed E-state index contributed by atoms with van der Waals surface area (Å²) in [4.78, 5) is 0. The molecular formula is C17H26O5. The Hall–Kier alpha value is -0.980. The van der Waals surface area contributed by atoms with E-state index in [1.165, 1.54) is 7.11 Å². The zero-order chi connectivity index (χ0) is 16.2. The van der Waals surface area contributed by atoms with E-state index in [1.54, 1.807) is 0 Å². The molecule has 1 aromatic carbocycles. The first-order valence-corrected chi connectivity index (χ1v) is 7.68. The van der Waals surface area contributed by atoms with Crippen LogP contribution in [0.1, 0.15) is 19.4 Å². The van der Waals surface area contributed by atoms with Gasteiger partial charge in [-0.15, -0.1) is 0 Å². The van der Waals surface area contributed by atoms with Crippen LogP contribution >= 0.6 is 0 Å². The van der Waals surface area contributed by atoms with Crippen LogP contribution in [0.3, 0.4) is 0 Å². The van der Waals surface area contributed by atoms with Gasteiger partial charge in [-0.1, -0.05) is 44.2 Å². The van der Waals surface area contributed by atoms with Crippen molar-refractivity contribution in [2.45, 2.75) is 38.4 Å². The van der Waals surface area contributed by atoms with Crippen LogP contribution in [0.2, 0.25) is 0 Å². The maximum absolute atomic E-state index is 9.73. The lowest BCUT2D eigenvalue weighted by molar-refractivity contribution is -0.346. The predicted octanol–water partition coefficient (Wildman–Crippen LogP) is 1.57. The lowest BCUT2D eigenvalue weighted by Gasteiger charge is -2.50. The van der Waals surface area contributed by atoms with Crippen LogP contribution in [0, 0.1) is 11.8 Å². The molecule has 1 saturated heterocycles. The average Bonchev–Trinajstić information content (AvgIpc) is 2.56. The molecule has 0 bridgehead atoms. The third-order valence-corrected chi connectivity index (χ3v) is 4.67. The molecule has 5 heteroatoms. The standard InChI is InChI=1S/C17H26O5/c1-12-15(9-18)22-17(11-19,20-3)13(2)16(12)21-10-14-7-5-4-6-8-14/h4-8,12-13,15-16,18-19H,9-11H2,1-3H3/t12-,13-,15+,16+,17-/m0/s1. The van der Waals surface area contributed by atoms with Crippen molar-refractivity contribution in [3.63, 3.8) is 0 Å². The molecule has 0 aliphatic carbocycles. The van der Waals surface area contributed by atoms with Gasteiger partial charge in [-0.05, 0) is 5.56 Å². The minimum atomic E-state index is -1.14. The van der Waals surface area contributed by atoms with Gasteiger partial charge in [0.1, 0.15) is 0 Å². The number of ether oxygens (including phenoxy) is 3. The summed E-state index contributed by atoms with van der Waals surface area (Å²) < 4.78 is 17.4. The van der Waals surface area contributed by atoms with Gasteiger partial charge in [-0.25, -0.2) is 0 Å². The van der Waals surface area contributed by atoms with E-state index in [1.807, 2.05) is 44.2 Å². The second-order valence-corrected chi connectivity index (χ2v) is 5.92. The monoisotopic (exact) mass is 310 g/mol. The number of rotatable bonds is 6. The summed E-state index contributed by atoms with van der Waals surface area (Å²) in [6.07, 6.45) is -0.609. The molecule has 1 aliphatic rings. The molecule has 2 N–H and O–H groups in total. The summed E-state index contributed by atoms with van der Waals surface area (Å²) in [7, 11) is 1.51. The fourth-order valence-corrected chi connectivity index (χ4v) is 3.13. The van der Waals surface area contributed by atoms with Gasteiger partial charge in [0.15, 0.2) is 5.79 Å². The Labute approximate surface area is 131 Å². The summed E-state index contributed by atoms with van der Waals surface area (Å²) in [5.74, 6) is -1.30. The molecule has 1 aromatic rings. The predicted molar refractivity (Wildman–Crippen MR) is 82.1 cm³/mol. The van der Waals surface area contributed by atoms with Gasteiger partial charge >= 0.3 is 0 Å². The van der Waals surface area contributed by atoms with Crippen LogP contribution in [0.15, 0.2) is 30.3 Å². The number of aliphatic hydroxyl groups is 2. The Morgan fingerprint density at radius 3 is 2.41 bits per heavy atom. The molecule has 5 atom stereocenters. The van der Waals surface area contributed by atoms with E-state index >= 15 is 0 Å². The molecule has 5 nitrogen and oxygen atoms in total. The van der Waals surface area contributed by atoms with E-state index < -0.39 is 11.9 Å². The second-order valence-electron chi connectivity index (χ2n) is 5.92. The fourth-order valence-electron chi connectivity index (χ4n) is 3.13. The first-order chi connectivity index (χ1) is 10.6. The van der Waals surface area contributed by atoms with E-state index in [-0.39, 0.29) is 31.2 Å². The Kier molecular flexibility index (Phi) is 5.94. The highest BCUT2D eigenvalue weighted by Gasteiger charge is 2.51. The van der Waals surface area contributed by atoms with Crippen LogP contribution < -0.4 is 0 Å². The topological polar surface area (TPSA) is 68.2 Å². The molecule has 0 amide bonds. The Balaban J connectivity index is 2.15. The summed E-state index contributed by atoms with van der Waals surface area (Å²) in [5.41, 5.74) is 1.08. The van der Waals surface area contributed by atoms with E-state index in [0.29, 0.717) is 6.61 Å². The number of aliphatic hydroxyl groups excluding tert-OH is 2. The van der Waals surface area contributed by atoms with Crippen molar-refractivity contribution >= 4 is 0 Å². The van der Waals surface area contributed by atoms with Crippen LogP contribution in [0.4, 0.5) is 0 Å². The molecule has 0 radical (unpaired) electrons. The minimum absolute atomic E-state index is 0.00135. The summed E-state index contributed by atoms with van der Waals surface area (Å²) in [5, 5.41) is 19.3. The highest BCUT2D eigenvalue weighted by atomic mass is 16.7. The maximum atomic E-state index is 9.73. The van der Waals surface area contributed by atoms with Gasteiger partial charge in [0, 0.05) is 18.9 Å². The quantitative estimate of drug-likeness (QED) is 0.835. The van der Waals surface area contributed by atoms with E-state index in [9.17, 15) is 10.2 Å². The number of methoxy groups -OCH3 is 1. The molecule has 0 spiro atoms. The lowest BCUT2D eigenvalue weighted by atomic mass is 9.80. The van der Waals surface area contributed by atoms with Crippen molar-refractivity contribution in [2.75, 3.05) is 20.3 Å². The Morgan fingerprint density at radius 2 is 1.86 bits per heavy atom. The number of benzene rings is 1. The van der Waals surface area contributed by atoms with E-state index in [0.717, 1.165) is 5.56 Å². The highest BCUT2D eigenvalue weighted by Crippen LogP contribution is 2.39. The van der Waals surface area contributed by atoms with Gasteiger partial charge in [0.05, 0.1) is 32.0 Å². The number of hydrogen-bond donors (Lipinski definition) is 2. The van der Waals surface area contributed by atoms with Crippen LogP contribution in [-0.2, 0) is 20.8 Å². The molecule has 0 aromatic heterocycles. The number of hydrogen-bond acceptors (Lipinski definition) is 5. The largest absolute Gasteiger partial charge is 0.394 e. The Bertz CT molecular complexity index is 446. The first kappa shape index (κ1) is 17.4. The smallest absolute Gasteiger partial charge is 0.196 e. The van der Waals surface area contributed by atoms with Crippen molar-refractivity contribution in [3.8, 4) is 0 Å². The molecule has 1 fully saturated rings. The molecule has 124 valence electrons. The molecule has 0 unspecified atom stereocenters. The third-order valence-electron chi connectivity index (χ3n) is 4.67. The van der Waals surface area contributed by atoms with Gasteiger partial charge in [0.2, 0.25) is 0 Å². The van der Waals surface area contributed by atoms with Crippen LogP contribution in [0.25, 0.3) is 0 Å². The van der Waals surface area contributed by atoms with Crippen LogP contribution in [-0.4, -0.2) is 48.5 Å². The lowest BCUT2D eigenvalue weighted by Crippen LogP contribution is -2.61. The zero-order valence-electron chi connectivity index (χ0n) is 13.4. The van der Waals surface area contributed by atoms with Crippen LogP contribution in [0.5, 0.6) is 0 Å². The summed E-state index contributed by atoms with van der Waals surface area (Å²) in [6.45, 7) is 4.00. The molecule has 0 saturated carbocycles. The normalized spacial score (nSPS) is 35.5. The van der Waals surface area contributed by atoms with Crippen molar-refractivity contribution < 1.29 is 24.4 Å². The van der Waals surface area contributed by atoms with Gasteiger partial charge in [-0.3, -0.25) is 0 Å². The van der Waals surface area contributed by atoms with Crippen molar-refractivity contribution in [2.24, 2.45) is 11.8 Å². The third kappa shape index (κ3) is 3.34. The second kappa shape index (κ2) is 7.53. The molecule has 2 rings (SSSR count). The minimum Gasteiger partial charge on any atom is -0.394 e. The fraction of sp³-hybridized carbons (Fsp3) is 0.647. The van der Waals surface area contributed by atoms with Crippen molar-refractivity contribution in [1.82, 2.24) is 0 Å². The highest BCUT2D eigenvalue weighted by molar-refractivity contribution is 5.13. The summed E-state index contributed by atoms with van der Waals surface area (Å²) in [6, 6.07) is 9.92. The molecular weight excluding hydrogens is 284 g/mol. The van der Waals surface area contributed by atoms with Crippen molar-refractivity contribution in [1.29, 1.82) is 0 Å².